The third kappa shape index (κ3) is 3.75. The molecule has 0 N–H and O–H groups in total. The van der Waals surface area contributed by atoms with Gasteiger partial charge in [0, 0.05) is 27.7 Å². The van der Waals surface area contributed by atoms with Gasteiger partial charge in [-0.3, -0.25) is 4.79 Å². The molecule has 0 amide bonds. The van der Waals surface area contributed by atoms with Crippen LogP contribution in [-0.4, -0.2) is 21.1 Å². The Balaban J connectivity index is 1.54. The zero-order chi connectivity index (χ0) is 19.8. The minimum Gasteiger partial charge on any atom is -0.318 e. The molecule has 0 aliphatic rings. The number of thiazole rings is 1. The normalized spacial score (nSPS) is 11.3. The molecule has 28 heavy (non-hydrogen) atoms. The van der Waals surface area contributed by atoms with Crippen LogP contribution in [0.5, 0.6) is 0 Å². The molecule has 0 unspecified atom stereocenters. The van der Waals surface area contributed by atoms with Crippen molar-refractivity contribution in [2.75, 3.05) is 5.75 Å². The SMILES string of the molecule is Cc1ccc(-n2c(C)cc(C(=O)CSc3nc4cc(Cl)ccc4s3)c2C)cc1. The molecule has 3 nitrogen and oxygen atoms in total. The Bertz CT molecular complexity index is 1180. The first-order valence-electron chi connectivity index (χ1n) is 8.90. The van der Waals surface area contributed by atoms with Crippen molar-refractivity contribution in [3.05, 3.63) is 76.1 Å². The van der Waals surface area contributed by atoms with Gasteiger partial charge >= 0.3 is 0 Å². The van der Waals surface area contributed by atoms with Gasteiger partial charge in [-0.05, 0) is 57.2 Å². The van der Waals surface area contributed by atoms with E-state index in [1.54, 1.807) is 11.3 Å². The van der Waals surface area contributed by atoms with Crippen molar-refractivity contribution in [2.24, 2.45) is 0 Å². The van der Waals surface area contributed by atoms with Crippen molar-refractivity contribution in [3.8, 4) is 5.69 Å². The number of rotatable bonds is 5. The van der Waals surface area contributed by atoms with E-state index in [0.717, 1.165) is 37.2 Å². The molecule has 0 fully saturated rings. The molecule has 0 saturated carbocycles. The highest BCUT2D eigenvalue weighted by atomic mass is 35.5. The van der Waals surface area contributed by atoms with Gasteiger partial charge < -0.3 is 4.57 Å². The van der Waals surface area contributed by atoms with Crippen molar-refractivity contribution < 1.29 is 4.79 Å². The number of hydrogen-bond acceptors (Lipinski definition) is 4. The van der Waals surface area contributed by atoms with E-state index in [0.29, 0.717) is 10.8 Å². The molecular weight excluding hydrogens is 408 g/mol. The first kappa shape index (κ1) is 19.2. The Hall–Kier alpha value is -2.08. The van der Waals surface area contributed by atoms with E-state index in [4.69, 9.17) is 11.6 Å². The van der Waals surface area contributed by atoms with Crippen molar-refractivity contribution in [2.45, 2.75) is 25.1 Å². The van der Waals surface area contributed by atoms with Gasteiger partial charge in [-0.1, -0.05) is 41.1 Å². The molecule has 6 heteroatoms. The third-order valence-electron chi connectivity index (χ3n) is 4.68. The van der Waals surface area contributed by atoms with Crippen LogP contribution in [0.1, 0.15) is 27.3 Å². The van der Waals surface area contributed by atoms with Gasteiger partial charge in [0.1, 0.15) is 0 Å². The molecule has 142 valence electrons. The number of nitrogens with zero attached hydrogens (tertiary/aromatic N) is 2. The molecule has 4 rings (SSSR count). The van der Waals surface area contributed by atoms with Crippen molar-refractivity contribution in [1.82, 2.24) is 9.55 Å². The average Bonchev–Trinajstić information content (AvgIpc) is 3.20. The van der Waals surface area contributed by atoms with Gasteiger partial charge in [-0.15, -0.1) is 11.3 Å². The fraction of sp³-hybridized carbons (Fsp3) is 0.182. The monoisotopic (exact) mass is 426 g/mol. The molecule has 2 aromatic carbocycles. The lowest BCUT2D eigenvalue weighted by Gasteiger charge is -2.10. The number of ketones is 1. The Morgan fingerprint density at radius 2 is 1.86 bits per heavy atom. The molecule has 0 spiro atoms. The maximum Gasteiger partial charge on any atom is 0.174 e. The van der Waals surface area contributed by atoms with Crippen LogP contribution in [0.2, 0.25) is 5.02 Å². The fourth-order valence-electron chi connectivity index (χ4n) is 3.28. The number of aryl methyl sites for hydroxylation is 2. The Kier molecular flexibility index (Phi) is 5.32. The zero-order valence-corrected chi connectivity index (χ0v) is 18.2. The van der Waals surface area contributed by atoms with Crippen LogP contribution in [-0.2, 0) is 0 Å². The van der Waals surface area contributed by atoms with Crippen LogP contribution in [0.4, 0.5) is 0 Å². The number of Topliss-reactive ketones (excluding diaryl/α,β-unsaturated/α-hetero) is 1. The van der Waals surface area contributed by atoms with E-state index in [1.807, 2.05) is 38.1 Å². The van der Waals surface area contributed by atoms with Crippen LogP contribution in [0.15, 0.2) is 52.9 Å². The second-order valence-corrected chi connectivity index (χ2v) is 9.45. The Morgan fingerprint density at radius 3 is 2.61 bits per heavy atom. The number of aromatic nitrogens is 2. The molecule has 0 aliphatic heterocycles. The fourth-order valence-corrected chi connectivity index (χ4v) is 5.38. The molecule has 0 radical (unpaired) electrons. The maximum absolute atomic E-state index is 12.9. The van der Waals surface area contributed by atoms with Gasteiger partial charge in [0.15, 0.2) is 10.1 Å². The second kappa shape index (κ2) is 7.74. The van der Waals surface area contributed by atoms with Crippen molar-refractivity contribution >= 4 is 50.7 Å². The summed E-state index contributed by atoms with van der Waals surface area (Å²) >= 11 is 9.10. The van der Waals surface area contributed by atoms with Crippen LogP contribution >= 0.6 is 34.7 Å². The molecule has 0 saturated heterocycles. The van der Waals surface area contributed by atoms with E-state index >= 15 is 0 Å². The number of hydrogen-bond donors (Lipinski definition) is 0. The van der Waals surface area contributed by atoms with E-state index in [1.165, 1.54) is 17.3 Å². The summed E-state index contributed by atoms with van der Waals surface area (Å²) in [5, 5.41) is 0.675. The van der Waals surface area contributed by atoms with Gasteiger partial charge in [0.25, 0.3) is 0 Å². The summed E-state index contributed by atoms with van der Waals surface area (Å²) in [6, 6.07) is 16.0. The van der Waals surface area contributed by atoms with Gasteiger partial charge in [-0.25, -0.2) is 4.98 Å². The Labute approximate surface area is 177 Å². The van der Waals surface area contributed by atoms with Crippen LogP contribution in [0.3, 0.4) is 0 Å². The standard InChI is InChI=1S/C22H19ClN2OS2/c1-13-4-7-17(8-5-13)25-14(2)10-18(15(25)3)20(26)12-27-22-24-19-11-16(23)6-9-21(19)28-22/h4-11H,12H2,1-3H3. The summed E-state index contributed by atoms with van der Waals surface area (Å²) in [5.74, 6) is 0.486. The van der Waals surface area contributed by atoms with Gasteiger partial charge in [-0.2, -0.15) is 0 Å². The van der Waals surface area contributed by atoms with E-state index in [9.17, 15) is 4.79 Å². The quantitative estimate of drug-likeness (QED) is 0.265. The lowest BCUT2D eigenvalue weighted by Crippen LogP contribution is -2.05. The molecule has 0 aliphatic carbocycles. The molecular formula is C22H19ClN2OS2. The summed E-state index contributed by atoms with van der Waals surface area (Å²) in [4.78, 5) is 17.5. The highest BCUT2D eigenvalue weighted by Crippen LogP contribution is 2.32. The first-order valence-corrected chi connectivity index (χ1v) is 11.1. The first-order chi connectivity index (χ1) is 13.4. The molecule has 0 bridgehead atoms. The highest BCUT2D eigenvalue weighted by Gasteiger charge is 2.17. The summed E-state index contributed by atoms with van der Waals surface area (Å²) < 4.78 is 4.10. The van der Waals surface area contributed by atoms with E-state index in [-0.39, 0.29) is 5.78 Å². The summed E-state index contributed by atoms with van der Waals surface area (Å²) in [5.41, 5.74) is 5.98. The van der Waals surface area contributed by atoms with Crippen LogP contribution < -0.4 is 0 Å². The number of benzene rings is 2. The number of fused-ring (bicyclic) bond motifs is 1. The van der Waals surface area contributed by atoms with Crippen molar-refractivity contribution in [3.63, 3.8) is 0 Å². The van der Waals surface area contributed by atoms with Crippen LogP contribution in [0, 0.1) is 20.8 Å². The van der Waals surface area contributed by atoms with E-state index < -0.39 is 0 Å². The molecule has 4 aromatic rings. The summed E-state index contributed by atoms with van der Waals surface area (Å²) in [7, 11) is 0. The van der Waals surface area contributed by atoms with Gasteiger partial charge in [0.05, 0.1) is 16.0 Å². The number of carbonyl (C=O) groups excluding carboxylic acids is 1. The maximum atomic E-state index is 12.9. The lowest BCUT2D eigenvalue weighted by molar-refractivity contribution is 0.102. The summed E-state index contributed by atoms with van der Waals surface area (Å²) in [6.07, 6.45) is 0. The van der Waals surface area contributed by atoms with Gasteiger partial charge in [0.2, 0.25) is 0 Å². The third-order valence-corrected chi connectivity index (χ3v) is 7.09. The topological polar surface area (TPSA) is 34.9 Å². The second-order valence-electron chi connectivity index (χ2n) is 6.76. The predicted molar refractivity (Wildman–Crippen MR) is 120 cm³/mol. The minimum absolute atomic E-state index is 0.119. The molecule has 2 aromatic heterocycles. The number of halogens is 1. The van der Waals surface area contributed by atoms with Crippen molar-refractivity contribution in [1.29, 1.82) is 0 Å². The number of carbonyl (C=O) groups is 1. The number of thioether (sulfide) groups is 1. The minimum atomic E-state index is 0.119. The van der Waals surface area contributed by atoms with E-state index in [2.05, 4.69) is 40.7 Å². The largest absolute Gasteiger partial charge is 0.318 e. The van der Waals surface area contributed by atoms with Crippen LogP contribution in [0.25, 0.3) is 15.9 Å². The zero-order valence-electron chi connectivity index (χ0n) is 15.8. The molecule has 0 atom stereocenters. The molecule has 2 heterocycles. The smallest absolute Gasteiger partial charge is 0.174 e. The lowest BCUT2D eigenvalue weighted by atomic mass is 10.2. The Morgan fingerprint density at radius 1 is 1.11 bits per heavy atom. The average molecular weight is 427 g/mol. The predicted octanol–water partition coefficient (Wildman–Crippen LogP) is 6.64. The summed E-state index contributed by atoms with van der Waals surface area (Å²) in [6.45, 7) is 6.11. The highest BCUT2D eigenvalue weighted by molar-refractivity contribution is 8.01.